The first kappa shape index (κ1) is 23.8. The molecule has 0 saturated carbocycles. The number of carbonyl (C=O) groups is 2. The average molecular weight is 516 g/mol. The molecule has 0 saturated heterocycles. The number of rotatable bonds is 6. The molecule has 34 heavy (non-hydrogen) atoms. The maximum absolute atomic E-state index is 13.1. The Morgan fingerprint density at radius 3 is 2.53 bits per heavy atom. The normalized spacial score (nSPS) is 19.5. The second-order valence-electron chi connectivity index (χ2n) is 9.32. The van der Waals surface area contributed by atoms with Gasteiger partial charge in [-0.3, -0.25) is 4.79 Å². The number of thioether (sulfide) groups is 1. The monoisotopic (exact) mass is 515 g/mol. The number of hydrogen-bond donors (Lipinski definition) is 1. The molecular weight excluding hydrogens is 486 g/mol. The van der Waals surface area contributed by atoms with Crippen LogP contribution in [0.2, 0.25) is 0 Å². The largest absolute Gasteiger partial charge is 0.462 e. The van der Waals surface area contributed by atoms with Crippen LogP contribution in [0.3, 0.4) is 0 Å². The molecule has 0 aliphatic heterocycles. The molecule has 0 spiro atoms. The van der Waals surface area contributed by atoms with Gasteiger partial charge in [0.2, 0.25) is 5.91 Å². The van der Waals surface area contributed by atoms with Crippen LogP contribution in [0.5, 0.6) is 0 Å². The number of anilines is 1. The minimum atomic E-state index is -0.353. The number of nitrogens with one attached hydrogen (secondary N) is 1. The molecule has 0 aromatic carbocycles. The van der Waals surface area contributed by atoms with Gasteiger partial charge in [-0.1, -0.05) is 25.6 Å². The lowest BCUT2D eigenvalue weighted by Crippen LogP contribution is -2.18. The summed E-state index contributed by atoms with van der Waals surface area (Å²) in [5.41, 5.74) is 3.13. The van der Waals surface area contributed by atoms with E-state index in [0.717, 1.165) is 52.9 Å². The maximum Gasteiger partial charge on any atom is 0.350 e. The molecule has 0 unspecified atom stereocenters. The highest BCUT2D eigenvalue weighted by atomic mass is 32.2. The maximum atomic E-state index is 13.1. The number of amides is 1. The van der Waals surface area contributed by atoms with E-state index in [9.17, 15) is 9.59 Å². The molecular formula is C25H29N3O3S3. The number of nitrogens with zero attached hydrogens (tertiary/aromatic N) is 2. The van der Waals surface area contributed by atoms with Crippen LogP contribution >= 0.6 is 34.4 Å². The molecule has 2 atom stereocenters. The zero-order chi connectivity index (χ0) is 23.8. The van der Waals surface area contributed by atoms with Crippen LogP contribution < -0.4 is 5.32 Å². The van der Waals surface area contributed by atoms with Crippen LogP contribution in [-0.4, -0.2) is 34.2 Å². The van der Waals surface area contributed by atoms with Gasteiger partial charge in [0.15, 0.2) is 0 Å². The smallest absolute Gasteiger partial charge is 0.350 e. The summed E-state index contributed by atoms with van der Waals surface area (Å²) in [6.07, 6.45) is 7.80. The second kappa shape index (κ2) is 9.95. The van der Waals surface area contributed by atoms with Gasteiger partial charge in [-0.2, -0.15) is 0 Å². The van der Waals surface area contributed by atoms with Crippen LogP contribution in [0, 0.1) is 11.8 Å². The standard InChI is InChI=1S/C25H29N3O3S3/c1-4-31-25(30)22-21(16-8-6-14(3)10-18(16)33-22)28-19(29)11-32-23-20-15-7-5-13(2)9-17(15)34-24(20)27-12-26-23/h12-14H,4-11H2,1-3H3,(H,28,29)/t13-,14-/m1/s1. The third-order valence-corrected chi connectivity index (χ3v) is 10.0. The number of esters is 1. The van der Waals surface area contributed by atoms with Crippen molar-refractivity contribution in [2.24, 2.45) is 11.8 Å². The van der Waals surface area contributed by atoms with Gasteiger partial charge in [0.1, 0.15) is 21.1 Å². The number of aryl methyl sites for hydroxylation is 1. The number of fused-ring (bicyclic) bond motifs is 4. The second-order valence-corrected chi connectivity index (χ2v) is 12.5. The van der Waals surface area contributed by atoms with Crippen LogP contribution in [0.25, 0.3) is 10.2 Å². The fraction of sp³-hybridized carbons (Fsp3) is 0.520. The predicted molar refractivity (Wildman–Crippen MR) is 139 cm³/mol. The Kier molecular flexibility index (Phi) is 6.95. The van der Waals surface area contributed by atoms with Crippen molar-refractivity contribution in [2.45, 2.75) is 64.3 Å². The molecule has 1 amide bonds. The molecule has 2 aliphatic rings. The number of ether oxygens (including phenoxy) is 1. The summed E-state index contributed by atoms with van der Waals surface area (Å²) < 4.78 is 5.28. The highest BCUT2D eigenvalue weighted by Crippen LogP contribution is 2.42. The molecule has 0 bridgehead atoms. The third-order valence-electron chi connectivity index (χ3n) is 6.63. The van der Waals surface area contributed by atoms with E-state index >= 15 is 0 Å². The number of hydrogen-bond acceptors (Lipinski definition) is 8. The van der Waals surface area contributed by atoms with Crippen molar-refractivity contribution in [3.63, 3.8) is 0 Å². The van der Waals surface area contributed by atoms with E-state index in [4.69, 9.17) is 4.74 Å². The van der Waals surface area contributed by atoms with Gasteiger partial charge < -0.3 is 10.1 Å². The first-order chi connectivity index (χ1) is 16.4. The first-order valence-corrected chi connectivity index (χ1v) is 14.6. The van der Waals surface area contributed by atoms with E-state index < -0.39 is 0 Å². The third kappa shape index (κ3) is 4.62. The zero-order valence-corrected chi connectivity index (χ0v) is 22.2. The fourth-order valence-electron chi connectivity index (χ4n) is 4.89. The van der Waals surface area contributed by atoms with Gasteiger partial charge in [0.25, 0.3) is 0 Å². The van der Waals surface area contributed by atoms with E-state index in [1.54, 1.807) is 24.6 Å². The molecule has 5 rings (SSSR count). The topological polar surface area (TPSA) is 81.2 Å². The molecule has 1 N–H and O–H groups in total. The summed E-state index contributed by atoms with van der Waals surface area (Å²) >= 11 is 4.69. The van der Waals surface area contributed by atoms with Gasteiger partial charge in [-0.15, -0.1) is 22.7 Å². The van der Waals surface area contributed by atoms with Gasteiger partial charge in [-0.25, -0.2) is 14.8 Å². The molecule has 0 fully saturated rings. The Labute approximate surface area is 211 Å². The number of thiophene rings is 2. The Bertz CT molecular complexity index is 1250. The highest BCUT2D eigenvalue weighted by Gasteiger charge is 2.29. The SMILES string of the molecule is CCOC(=O)c1sc2c(c1NC(=O)CSc1ncnc3sc4c(c13)CC[C@@H](C)C4)CC[C@@H](C)C2. The summed E-state index contributed by atoms with van der Waals surface area (Å²) in [5.74, 6) is 1.04. The lowest BCUT2D eigenvalue weighted by Gasteiger charge is -2.19. The molecule has 6 nitrogen and oxygen atoms in total. The van der Waals surface area contributed by atoms with E-state index in [1.807, 2.05) is 0 Å². The van der Waals surface area contributed by atoms with Crippen molar-refractivity contribution in [1.29, 1.82) is 0 Å². The van der Waals surface area contributed by atoms with Crippen molar-refractivity contribution < 1.29 is 14.3 Å². The molecule has 180 valence electrons. The Morgan fingerprint density at radius 2 is 1.79 bits per heavy atom. The summed E-state index contributed by atoms with van der Waals surface area (Å²) in [7, 11) is 0. The minimum Gasteiger partial charge on any atom is -0.462 e. The number of aromatic nitrogens is 2. The van der Waals surface area contributed by atoms with Crippen molar-refractivity contribution in [2.75, 3.05) is 17.7 Å². The molecule has 2 aliphatic carbocycles. The van der Waals surface area contributed by atoms with Crippen molar-refractivity contribution in [3.8, 4) is 0 Å². The summed E-state index contributed by atoms with van der Waals surface area (Å²) in [5, 5.41) is 5.06. The Balaban J connectivity index is 1.36. The average Bonchev–Trinajstić information content (AvgIpc) is 3.35. The van der Waals surface area contributed by atoms with E-state index in [1.165, 1.54) is 44.8 Å². The van der Waals surface area contributed by atoms with E-state index in [-0.39, 0.29) is 17.6 Å². The van der Waals surface area contributed by atoms with Crippen LogP contribution in [0.15, 0.2) is 11.4 Å². The molecule has 0 radical (unpaired) electrons. The van der Waals surface area contributed by atoms with Gasteiger partial charge in [0.05, 0.1) is 18.0 Å². The Morgan fingerprint density at radius 1 is 1.09 bits per heavy atom. The zero-order valence-electron chi connectivity index (χ0n) is 19.7. The van der Waals surface area contributed by atoms with Crippen molar-refractivity contribution in [3.05, 3.63) is 32.1 Å². The Hall–Kier alpha value is -1.97. The quantitative estimate of drug-likeness (QED) is 0.250. The van der Waals surface area contributed by atoms with Gasteiger partial charge in [-0.05, 0) is 68.4 Å². The molecule has 3 heterocycles. The lowest BCUT2D eigenvalue weighted by molar-refractivity contribution is -0.113. The van der Waals surface area contributed by atoms with Gasteiger partial charge >= 0.3 is 5.97 Å². The minimum absolute atomic E-state index is 0.126. The van der Waals surface area contributed by atoms with Gasteiger partial charge in [0, 0.05) is 15.1 Å². The van der Waals surface area contributed by atoms with Crippen molar-refractivity contribution in [1.82, 2.24) is 9.97 Å². The molecule has 9 heteroatoms. The summed E-state index contributed by atoms with van der Waals surface area (Å²) in [6.45, 7) is 6.64. The highest BCUT2D eigenvalue weighted by molar-refractivity contribution is 8.00. The molecule has 3 aromatic heterocycles. The summed E-state index contributed by atoms with van der Waals surface area (Å²) in [6, 6.07) is 0. The summed E-state index contributed by atoms with van der Waals surface area (Å²) in [4.78, 5) is 38.9. The van der Waals surface area contributed by atoms with Crippen molar-refractivity contribution >= 4 is 62.2 Å². The number of carbonyl (C=O) groups excluding carboxylic acids is 2. The van der Waals surface area contributed by atoms with E-state index in [0.29, 0.717) is 29.0 Å². The fourth-order valence-corrected chi connectivity index (χ4v) is 8.49. The van der Waals surface area contributed by atoms with Crippen LogP contribution in [0.1, 0.15) is 64.2 Å². The van der Waals surface area contributed by atoms with Crippen LogP contribution in [-0.2, 0) is 35.2 Å². The molecule has 3 aromatic rings. The van der Waals surface area contributed by atoms with E-state index in [2.05, 4.69) is 29.1 Å². The van der Waals surface area contributed by atoms with Crippen LogP contribution in [0.4, 0.5) is 5.69 Å². The lowest BCUT2D eigenvalue weighted by atomic mass is 9.89. The first-order valence-electron chi connectivity index (χ1n) is 11.9. The predicted octanol–water partition coefficient (Wildman–Crippen LogP) is 5.91.